The number of carbonyl (C=O) groups is 2. The van der Waals surface area contributed by atoms with Crippen molar-refractivity contribution >= 4 is 51.3 Å². The Morgan fingerprint density at radius 3 is 3.00 bits per heavy atom. The number of allylic oxidation sites excluding steroid dienone is 1. The predicted octanol–water partition coefficient (Wildman–Crippen LogP) is 4.13. The Bertz CT molecular complexity index is 1130. The third kappa shape index (κ3) is 4.97. The van der Waals surface area contributed by atoms with E-state index < -0.39 is 5.91 Å². The molecule has 32 heavy (non-hydrogen) atoms. The summed E-state index contributed by atoms with van der Waals surface area (Å²) in [5.41, 5.74) is 7.13. The predicted molar refractivity (Wildman–Crippen MR) is 131 cm³/mol. The van der Waals surface area contributed by atoms with Gasteiger partial charge in [-0.3, -0.25) is 9.59 Å². The molecule has 1 aliphatic carbocycles. The van der Waals surface area contributed by atoms with Crippen molar-refractivity contribution < 1.29 is 9.59 Å². The fourth-order valence-corrected chi connectivity index (χ4v) is 6.73. The third-order valence-electron chi connectivity index (χ3n) is 5.36. The minimum absolute atomic E-state index is 0.158. The number of carbonyl (C=O) groups excluding carboxylic acids is 2. The molecule has 3 N–H and O–H groups in total. The normalized spacial score (nSPS) is 15.3. The summed E-state index contributed by atoms with van der Waals surface area (Å²) in [5.74, 6) is 0.888. The first-order valence-electron chi connectivity index (χ1n) is 10.4. The smallest absolute Gasteiger partial charge is 0.251 e. The molecule has 1 aliphatic rings. The van der Waals surface area contributed by atoms with E-state index in [-0.39, 0.29) is 11.7 Å². The highest BCUT2D eigenvalue weighted by Gasteiger charge is 2.27. The average molecular weight is 488 g/mol. The van der Waals surface area contributed by atoms with E-state index in [0.29, 0.717) is 34.6 Å². The van der Waals surface area contributed by atoms with Crippen LogP contribution in [0.2, 0.25) is 0 Å². The molecule has 0 aliphatic heterocycles. The van der Waals surface area contributed by atoms with Crippen LogP contribution in [0.15, 0.2) is 35.3 Å². The first-order valence-corrected chi connectivity index (χ1v) is 13.1. The van der Waals surface area contributed by atoms with Crippen LogP contribution >= 0.6 is 34.4 Å². The van der Waals surface area contributed by atoms with Gasteiger partial charge in [-0.2, -0.15) is 0 Å². The molecular formula is C22H25N5O2S3. The number of fused-ring (bicyclic) bond motifs is 1. The second-order valence-electron chi connectivity index (χ2n) is 7.81. The van der Waals surface area contributed by atoms with Gasteiger partial charge in [0.25, 0.3) is 5.91 Å². The first-order chi connectivity index (χ1) is 15.5. The molecule has 0 saturated heterocycles. The van der Waals surface area contributed by atoms with Crippen molar-refractivity contribution in [1.82, 2.24) is 14.8 Å². The van der Waals surface area contributed by atoms with Crippen LogP contribution in [0.25, 0.3) is 0 Å². The number of nitrogens with zero attached hydrogens (tertiary/aromatic N) is 3. The Kier molecular flexibility index (Phi) is 7.12. The Labute approximate surface area is 199 Å². The number of thioether (sulfide) groups is 1. The van der Waals surface area contributed by atoms with Gasteiger partial charge in [-0.1, -0.05) is 30.8 Å². The third-order valence-corrected chi connectivity index (χ3v) is 8.37. The summed E-state index contributed by atoms with van der Waals surface area (Å²) in [6.45, 7) is 6.60. The van der Waals surface area contributed by atoms with Crippen molar-refractivity contribution in [2.24, 2.45) is 11.7 Å². The van der Waals surface area contributed by atoms with Gasteiger partial charge < -0.3 is 15.6 Å². The van der Waals surface area contributed by atoms with Gasteiger partial charge >= 0.3 is 0 Å². The lowest BCUT2D eigenvalue weighted by Crippen LogP contribution is -2.20. The lowest BCUT2D eigenvalue weighted by atomic mass is 9.88. The molecule has 4 rings (SSSR count). The number of hydrogen-bond acceptors (Lipinski definition) is 7. The number of amides is 2. The van der Waals surface area contributed by atoms with Crippen molar-refractivity contribution in [2.45, 2.75) is 44.3 Å². The van der Waals surface area contributed by atoms with E-state index in [1.54, 1.807) is 17.4 Å². The zero-order chi connectivity index (χ0) is 22.7. The summed E-state index contributed by atoms with van der Waals surface area (Å²) in [6.07, 6.45) is 5.25. The average Bonchev–Trinajstić information content (AvgIpc) is 3.46. The Balaban J connectivity index is 1.45. The Morgan fingerprint density at radius 2 is 2.28 bits per heavy atom. The maximum absolute atomic E-state index is 12.7. The minimum atomic E-state index is -0.482. The molecule has 0 spiro atoms. The maximum Gasteiger partial charge on any atom is 0.251 e. The number of rotatable bonds is 9. The molecule has 1 unspecified atom stereocenters. The number of primary amides is 1. The van der Waals surface area contributed by atoms with Gasteiger partial charge in [-0.05, 0) is 42.2 Å². The van der Waals surface area contributed by atoms with Crippen LogP contribution in [-0.2, 0) is 30.6 Å². The lowest BCUT2D eigenvalue weighted by molar-refractivity contribution is -0.113. The van der Waals surface area contributed by atoms with Crippen LogP contribution in [0.5, 0.6) is 0 Å². The summed E-state index contributed by atoms with van der Waals surface area (Å²) in [7, 11) is 0. The fraction of sp³-hybridized carbons (Fsp3) is 0.364. The van der Waals surface area contributed by atoms with Gasteiger partial charge in [0, 0.05) is 22.7 Å². The SMILES string of the molecule is C=CCn1c(Cc2cccs2)nnc1SCC(=O)Nc1sc2c(c1C(N)=O)CCC(C)C2. The molecule has 3 aromatic heterocycles. The molecule has 7 nitrogen and oxygen atoms in total. The van der Waals surface area contributed by atoms with Crippen molar-refractivity contribution in [1.29, 1.82) is 0 Å². The van der Waals surface area contributed by atoms with E-state index in [1.165, 1.54) is 28.0 Å². The summed E-state index contributed by atoms with van der Waals surface area (Å²) < 4.78 is 1.98. The number of hydrogen-bond donors (Lipinski definition) is 2. The summed E-state index contributed by atoms with van der Waals surface area (Å²) in [5, 5.41) is 14.8. The van der Waals surface area contributed by atoms with Crippen LogP contribution in [0.1, 0.15) is 44.8 Å². The lowest BCUT2D eigenvalue weighted by Gasteiger charge is -2.18. The van der Waals surface area contributed by atoms with E-state index in [0.717, 1.165) is 35.5 Å². The molecule has 0 radical (unpaired) electrons. The zero-order valence-electron chi connectivity index (χ0n) is 17.8. The van der Waals surface area contributed by atoms with Crippen molar-refractivity contribution in [2.75, 3.05) is 11.1 Å². The number of aromatic nitrogens is 3. The van der Waals surface area contributed by atoms with Gasteiger partial charge in [0.1, 0.15) is 10.8 Å². The second-order valence-corrected chi connectivity index (χ2v) is 10.9. The van der Waals surface area contributed by atoms with Crippen LogP contribution in [0, 0.1) is 5.92 Å². The van der Waals surface area contributed by atoms with Crippen molar-refractivity contribution in [3.8, 4) is 0 Å². The largest absolute Gasteiger partial charge is 0.365 e. The molecule has 2 amide bonds. The number of anilines is 1. The first kappa shape index (κ1) is 22.8. The van der Waals surface area contributed by atoms with Gasteiger partial charge in [0.15, 0.2) is 5.16 Å². The molecule has 168 valence electrons. The fourth-order valence-electron chi connectivity index (χ4n) is 3.83. The van der Waals surface area contributed by atoms with Gasteiger partial charge in [-0.25, -0.2) is 0 Å². The molecule has 0 bridgehead atoms. The van der Waals surface area contributed by atoms with Crippen LogP contribution in [0.3, 0.4) is 0 Å². The topological polar surface area (TPSA) is 103 Å². The molecule has 10 heteroatoms. The number of nitrogens with two attached hydrogens (primary N) is 1. The van der Waals surface area contributed by atoms with E-state index in [2.05, 4.69) is 35.1 Å². The molecule has 0 aromatic carbocycles. The van der Waals surface area contributed by atoms with Gasteiger partial charge in [0.2, 0.25) is 5.91 Å². The summed E-state index contributed by atoms with van der Waals surface area (Å²) in [6, 6.07) is 4.08. The Hall–Kier alpha value is -2.43. The molecule has 3 heterocycles. The zero-order valence-corrected chi connectivity index (χ0v) is 20.2. The van der Waals surface area contributed by atoms with Gasteiger partial charge in [-0.15, -0.1) is 39.4 Å². The molecule has 3 aromatic rings. The minimum Gasteiger partial charge on any atom is -0.365 e. The number of thiophene rings is 2. The molecule has 1 atom stereocenters. The summed E-state index contributed by atoms with van der Waals surface area (Å²) >= 11 is 4.47. The van der Waals surface area contributed by atoms with E-state index in [4.69, 9.17) is 5.73 Å². The molecule has 0 fully saturated rings. The van der Waals surface area contributed by atoms with Crippen LogP contribution in [0.4, 0.5) is 5.00 Å². The number of nitrogens with one attached hydrogen (secondary N) is 1. The van der Waals surface area contributed by atoms with Gasteiger partial charge in [0.05, 0.1) is 11.3 Å². The van der Waals surface area contributed by atoms with Crippen molar-refractivity contribution in [3.05, 3.63) is 56.9 Å². The second kappa shape index (κ2) is 10.0. The Morgan fingerprint density at radius 1 is 1.44 bits per heavy atom. The highest BCUT2D eigenvalue weighted by atomic mass is 32.2. The molecule has 0 saturated carbocycles. The van der Waals surface area contributed by atoms with Crippen LogP contribution < -0.4 is 11.1 Å². The monoisotopic (exact) mass is 487 g/mol. The summed E-state index contributed by atoms with van der Waals surface area (Å²) in [4.78, 5) is 27.2. The highest BCUT2D eigenvalue weighted by Crippen LogP contribution is 2.39. The van der Waals surface area contributed by atoms with Crippen molar-refractivity contribution in [3.63, 3.8) is 0 Å². The van der Waals surface area contributed by atoms with E-state index in [1.807, 2.05) is 16.0 Å². The molecular weight excluding hydrogens is 462 g/mol. The highest BCUT2D eigenvalue weighted by molar-refractivity contribution is 7.99. The van der Waals surface area contributed by atoms with E-state index >= 15 is 0 Å². The maximum atomic E-state index is 12.7. The van der Waals surface area contributed by atoms with E-state index in [9.17, 15) is 9.59 Å². The standard InChI is InChI=1S/C22H25N5O2S3/c1-3-8-27-17(11-14-5-4-9-30-14)25-26-22(27)31-12-18(28)24-21-19(20(23)29)15-7-6-13(2)10-16(15)32-21/h3-5,9,13H,1,6-8,10-12H2,2H3,(H2,23,29)(H,24,28). The quantitative estimate of drug-likeness (QED) is 0.349. The van der Waals surface area contributed by atoms with Crippen LogP contribution in [-0.4, -0.2) is 32.3 Å².